The Morgan fingerprint density at radius 3 is 2.67 bits per heavy atom. The van der Waals surface area contributed by atoms with E-state index in [9.17, 15) is 0 Å². The topological polar surface area (TPSA) is 47.0 Å². The molecular weight excluding hydrogens is 341 g/mol. The van der Waals surface area contributed by atoms with Gasteiger partial charge in [0.2, 0.25) is 0 Å². The number of halogens is 3. The molecule has 0 spiro atoms. The van der Waals surface area contributed by atoms with Gasteiger partial charge in [0.15, 0.2) is 10.3 Å². The van der Waals surface area contributed by atoms with Gasteiger partial charge in [0.25, 0.3) is 0 Å². The zero-order valence-electron chi connectivity index (χ0n) is 9.25. The third kappa shape index (κ3) is 3.04. The van der Waals surface area contributed by atoms with E-state index in [0.717, 1.165) is 10.2 Å². The highest BCUT2D eigenvalue weighted by atomic mass is 79.9. The summed E-state index contributed by atoms with van der Waals surface area (Å²) < 4.78 is 6.16. The fourth-order valence-corrected chi connectivity index (χ4v) is 2.01. The molecule has 2 aromatic rings. The number of hydrogen-bond donors (Lipinski definition) is 1. The van der Waals surface area contributed by atoms with Crippen LogP contribution in [0.3, 0.4) is 0 Å². The molecule has 0 radical (unpaired) electrons. The molecule has 0 saturated heterocycles. The molecule has 1 aromatic carbocycles. The predicted octanol–water partition coefficient (Wildman–Crippen LogP) is 4.30. The van der Waals surface area contributed by atoms with Gasteiger partial charge < -0.3 is 10.1 Å². The lowest BCUT2D eigenvalue weighted by molar-refractivity contribution is 0.417. The van der Waals surface area contributed by atoms with E-state index in [1.54, 1.807) is 13.2 Å². The van der Waals surface area contributed by atoms with Crippen molar-refractivity contribution >= 4 is 50.5 Å². The Bertz CT molecular complexity index is 580. The first-order chi connectivity index (χ1) is 8.60. The number of aromatic nitrogens is 2. The molecule has 94 valence electrons. The summed E-state index contributed by atoms with van der Waals surface area (Å²) in [6.07, 6.45) is 0. The molecule has 0 bridgehead atoms. The molecule has 1 heterocycles. The standard InChI is InChI=1S/C11H8BrCl2N3O/c1-18-9-3-2-6(12)4-7(9)15-8-5-10(13)16-17-11(8)14/h2-5H,1H3,(H,15,16). The minimum atomic E-state index is 0.237. The van der Waals surface area contributed by atoms with E-state index in [2.05, 4.69) is 31.4 Å². The monoisotopic (exact) mass is 347 g/mol. The third-order valence-electron chi connectivity index (χ3n) is 2.15. The van der Waals surface area contributed by atoms with Crippen LogP contribution < -0.4 is 10.1 Å². The number of benzene rings is 1. The van der Waals surface area contributed by atoms with Gasteiger partial charge in [-0.3, -0.25) is 0 Å². The summed E-state index contributed by atoms with van der Waals surface area (Å²) in [6, 6.07) is 7.17. The normalized spacial score (nSPS) is 10.2. The Hall–Kier alpha value is -1.04. The van der Waals surface area contributed by atoms with Gasteiger partial charge in [-0.25, -0.2) is 0 Å². The Balaban J connectivity index is 2.38. The molecule has 0 fully saturated rings. The van der Waals surface area contributed by atoms with E-state index < -0.39 is 0 Å². The maximum absolute atomic E-state index is 5.93. The number of anilines is 2. The van der Waals surface area contributed by atoms with Crippen LogP contribution in [0.25, 0.3) is 0 Å². The second-order valence-electron chi connectivity index (χ2n) is 3.34. The van der Waals surface area contributed by atoms with Crippen molar-refractivity contribution < 1.29 is 4.74 Å². The number of nitrogens with zero attached hydrogens (tertiary/aromatic N) is 2. The lowest BCUT2D eigenvalue weighted by Crippen LogP contribution is -1.97. The van der Waals surface area contributed by atoms with Crippen molar-refractivity contribution in [3.8, 4) is 5.75 Å². The largest absolute Gasteiger partial charge is 0.495 e. The number of hydrogen-bond acceptors (Lipinski definition) is 4. The number of nitrogens with one attached hydrogen (secondary N) is 1. The lowest BCUT2D eigenvalue weighted by Gasteiger charge is -2.12. The molecule has 0 aliphatic heterocycles. The summed E-state index contributed by atoms with van der Waals surface area (Å²) in [5.41, 5.74) is 1.31. The van der Waals surface area contributed by atoms with Gasteiger partial charge in [0.05, 0.1) is 18.5 Å². The van der Waals surface area contributed by atoms with Crippen molar-refractivity contribution in [2.75, 3.05) is 12.4 Å². The van der Waals surface area contributed by atoms with Gasteiger partial charge in [-0.1, -0.05) is 39.1 Å². The first-order valence-corrected chi connectivity index (χ1v) is 6.44. The van der Waals surface area contributed by atoms with Crippen LogP contribution in [-0.2, 0) is 0 Å². The molecule has 7 heteroatoms. The van der Waals surface area contributed by atoms with Crippen LogP contribution in [0.4, 0.5) is 11.4 Å². The Labute approximate surface area is 122 Å². The summed E-state index contributed by atoms with van der Waals surface area (Å²) in [7, 11) is 1.59. The van der Waals surface area contributed by atoms with Crippen LogP contribution in [0.2, 0.25) is 10.3 Å². The maximum Gasteiger partial charge on any atom is 0.175 e. The van der Waals surface area contributed by atoms with Crippen molar-refractivity contribution in [2.45, 2.75) is 0 Å². The maximum atomic E-state index is 5.93. The van der Waals surface area contributed by atoms with Gasteiger partial charge >= 0.3 is 0 Å². The molecule has 0 amide bonds. The van der Waals surface area contributed by atoms with E-state index in [4.69, 9.17) is 27.9 Å². The van der Waals surface area contributed by atoms with E-state index >= 15 is 0 Å². The van der Waals surface area contributed by atoms with E-state index in [-0.39, 0.29) is 10.3 Å². The summed E-state index contributed by atoms with van der Waals surface area (Å²) >= 11 is 15.1. The first-order valence-electron chi connectivity index (χ1n) is 4.89. The van der Waals surface area contributed by atoms with Crippen molar-refractivity contribution in [3.05, 3.63) is 39.0 Å². The highest BCUT2D eigenvalue weighted by molar-refractivity contribution is 9.10. The smallest absolute Gasteiger partial charge is 0.175 e. The Morgan fingerprint density at radius 2 is 1.94 bits per heavy atom. The molecule has 4 nitrogen and oxygen atoms in total. The Morgan fingerprint density at radius 1 is 1.17 bits per heavy atom. The molecule has 0 aliphatic rings. The average molecular weight is 349 g/mol. The highest BCUT2D eigenvalue weighted by Crippen LogP contribution is 2.32. The summed E-state index contributed by atoms with van der Waals surface area (Å²) in [4.78, 5) is 0. The molecule has 0 saturated carbocycles. The molecule has 0 unspecified atom stereocenters. The minimum Gasteiger partial charge on any atom is -0.495 e. The molecule has 1 N–H and O–H groups in total. The Kier molecular flexibility index (Phi) is 4.27. The van der Waals surface area contributed by atoms with Gasteiger partial charge in [-0.15, -0.1) is 10.2 Å². The fraction of sp³-hybridized carbons (Fsp3) is 0.0909. The summed E-state index contributed by atoms with van der Waals surface area (Å²) in [5.74, 6) is 0.683. The number of rotatable bonds is 3. The highest BCUT2D eigenvalue weighted by Gasteiger charge is 2.08. The van der Waals surface area contributed by atoms with Crippen LogP contribution in [0.15, 0.2) is 28.7 Å². The van der Waals surface area contributed by atoms with Crippen molar-refractivity contribution in [1.29, 1.82) is 0 Å². The van der Waals surface area contributed by atoms with Gasteiger partial charge in [-0.2, -0.15) is 0 Å². The molecule has 0 atom stereocenters. The summed E-state index contributed by atoms with van der Waals surface area (Å²) in [5, 5.41) is 11.0. The fourth-order valence-electron chi connectivity index (χ4n) is 1.36. The zero-order valence-corrected chi connectivity index (χ0v) is 12.3. The molecule has 0 aliphatic carbocycles. The second-order valence-corrected chi connectivity index (χ2v) is 5.00. The second kappa shape index (κ2) is 5.73. The zero-order chi connectivity index (χ0) is 13.1. The van der Waals surface area contributed by atoms with Crippen LogP contribution in [0, 0.1) is 0 Å². The van der Waals surface area contributed by atoms with E-state index in [1.807, 2.05) is 18.2 Å². The molecule has 1 aromatic heterocycles. The molecule has 2 rings (SSSR count). The van der Waals surface area contributed by atoms with Gasteiger partial charge in [0.1, 0.15) is 5.75 Å². The van der Waals surface area contributed by atoms with E-state index in [1.165, 1.54) is 0 Å². The van der Waals surface area contributed by atoms with E-state index in [0.29, 0.717) is 11.4 Å². The van der Waals surface area contributed by atoms with Gasteiger partial charge in [-0.05, 0) is 18.2 Å². The lowest BCUT2D eigenvalue weighted by atomic mass is 10.3. The van der Waals surface area contributed by atoms with Crippen LogP contribution in [0.1, 0.15) is 0 Å². The van der Waals surface area contributed by atoms with Crippen molar-refractivity contribution in [2.24, 2.45) is 0 Å². The van der Waals surface area contributed by atoms with Crippen molar-refractivity contribution in [1.82, 2.24) is 10.2 Å². The predicted molar refractivity (Wildman–Crippen MR) is 76.0 cm³/mol. The number of methoxy groups -OCH3 is 1. The van der Waals surface area contributed by atoms with Gasteiger partial charge in [0, 0.05) is 10.5 Å². The van der Waals surface area contributed by atoms with Crippen LogP contribution >= 0.6 is 39.1 Å². The quantitative estimate of drug-likeness (QED) is 0.898. The van der Waals surface area contributed by atoms with Crippen LogP contribution in [0.5, 0.6) is 5.75 Å². The first kappa shape index (κ1) is 13.4. The van der Waals surface area contributed by atoms with Crippen LogP contribution in [-0.4, -0.2) is 17.3 Å². The molecule has 18 heavy (non-hydrogen) atoms. The SMILES string of the molecule is COc1ccc(Br)cc1Nc1cc(Cl)nnc1Cl. The summed E-state index contributed by atoms with van der Waals surface area (Å²) in [6.45, 7) is 0. The van der Waals surface area contributed by atoms with Crippen molar-refractivity contribution in [3.63, 3.8) is 0 Å². The average Bonchev–Trinajstić information content (AvgIpc) is 2.34. The molecular formula is C11H8BrCl2N3O. The third-order valence-corrected chi connectivity index (χ3v) is 3.11. The minimum absolute atomic E-state index is 0.237. The number of ether oxygens (including phenoxy) is 1.